The minimum atomic E-state index is -1.08. The maximum absolute atomic E-state index is 13.5. The van der Waals surface area contributed by atoms with Crippen molar-refractivity contribution >= 4 is 22.7 Å². The predicted octanol–water partition coefficient (Wildman–Crippen LogP) is 3.45. The molecule has 9 heteroatoms. The number of fused-ring (bicyclic) bond motifs is 1. The lowest BCUT2D eigenvalue weighted by Crippen LogP contribution is -2.47. The molecule has 1 saturated heterocycles. The van der Waals surface area contributed by atoms with E-state index in [1.807, 2.05) is 0 Å². The summed E-state index contributed by atoms with van der Waals surface area (Å²) in [6.45, 7) is 9.69. The molecule has 3 heterocycles. The molecule has 2 aromatic heterocycles. The summed E-state index contributed by atoms with van der Waals surface area (Å²) in [4.78, 5) is 23.3. The maximum atomic E-state index is 13.5. The molecule has 1 aliphatic heterocycles. The Hall–Kier alpha value is -3.04. The second-order valence-corrected chi connectivity index (χ2v) is 9.44. The van der Waals surface area contributed by atoms with Crippen molar-refractivity contribution in [2.45, 2.75) is 26.2 Å². The van der Waals surface area contributed by atoms with Crippen LogP contribution in [0.2, 0.25) is 0 Å². The van der Waals surface area contributed by atoms with Crippen molar-refractivity contribution in [3.63, 3.8) is 0 Å². The summed E-state index contributed by atoms with van der Waals surface area (Å²) in [6, 6.07) is 7.68. The molecule has 34 heavy (non-hydrogen) atoms. The van der Waals surface area contributed by atoms with Crippen molar-refractivity contribution in [1.29, 1.82) is 0 Å². The third-order valence-corrected chi connectivity index (χ3v) is 6.27. The zero-order chi connectivity index (χ0) is 24.4. The first-order chi connectivity index (χ1) is 16.2. The van der Waals surface area contributed by atoms with Gasteiger partial charge in [0, 0.05) is 26.2 Å². The second-order valence-electron chi connectivity index (χ2n) is 9.44. The van der Waals surface area contributed by atoms with Crippen LogP contribution in [0.15, 0.2) is 30.3 Å². The summed E-state index contributed by atoms with van der Waals surface area (Å²) in [5, 5.41) is 15.5. The first-order valence-corrected chi connectivity index (χ1v) is 11.8. The van der Waals surface area contributed by atoms with E-state index in [9.17, 15) is 14.3 Å². The van der Waals surface area contributed by atoms with E-state index >= 15 is 0 Å². The van der Waals surface area contributed by atoms with Gasteiger partial charge in [-0.05, 0) is 69.9 Å². The summed E-state index contributed by atoms with van der Waals surface area (Å²) in [7, 11) is 4.18. The number of benzene rings is 1. The molecule has 0 radical (unpaired) electrons. The summed E-state index contributed by atoms with van der Waals surface area (Å²) in [6.07, 6.45) is 1.12. The minimum absolute atomic E-state index is 0.0190. The van der Waals surface area contributed by atoms with Gasteiger partial charge in [-0.3, -0.25) is 4.90 Å². The number of hydrogen-bond acceptors (Lipinski definition) is 6. The highest BCUT2D eigenvalue weighted by Crippen LogP contribution is 2.35. The van der Waals surface area contributed by atoms with Gasteiger partial charge >= 0.3 is 5.97 Å². The zero-order valence-corrected chi connectivity index (χ0v) is 20.3. The summed E-state index contributed by atoms with van der Waals surface area (Å²) >= 11 is 0. The Morgan fingerprint density at radius 3 is 2.41 bits per heavy atom. The number of nitrogens with zero attached hydrogens (tertiary/aromatic N) is 6. The predicted molar refractivity (Wildman–Crippen MR) is 132 cm³/mol. The number of halogens is 1. The summed E-state index contributed by atoms with van der Waals surface area (Å²) < 4.78 is 15.2. The average Bonchev–Trinajstić information content (AvgIpc) is 3.19. The third kappa shape index (κ3) is 5.05. The summed E-state index contributed by atoms with van der Waals surface area (Å²) in [5.41, 5.74) is 2.82. The lowest BCUT2D eigenvalue weighted by atomic mass is 10.0. The van der Waals surface area contributed by atoms with Gasteiger partial charge in [0.15, 0.2) is 11.3 Å². The molecule has 1 fully saturated rings. The molecule has 0 amide bonds. The molecule has 0 unspecified atom stereocenters. The van der Waals surface area contributed by atoms with Crippen LogP contribution >= 0.6 is 0 Å². The lowest BCUT2D eigenvalue weighted by Gasteiger charge is -2.36. The third-order valence-electron chi connectivity index (χ3n) is 6.27. The molecule has 0 aliphatic carbocycles. The molecule has 8 nitrogen and oxygen atoms in total. The van der Waals surface area contributed by atoms with E-state index in [-0.39, 0.29) is 17.4 Å². The molecular formula is C25H33FN6O2. The van der Waals surface area contributed by atoms with Crippen LogP contribution in [-0.2, 0) is 0 Å². The van der Waals surface area contributed by atoms with Gasteiger partial charge in [-0.25, -0.2) is 18.9 Å². The molecule has 1 N–H and O–H groups in total. The van der Waals surface area contributed by atoms with Gasteiger partial charge in [-0.2, -0.15) is 5.10 Å². The highest BCUT2D eigenvalue weighted by atomic mass is 19.1. The number of hydrogen-bond donors (Lipinski definition) is 1. The molecule has 0 bridgehead atoms. The van der Waals surface area contributed by atoms with Crippen LogP contribution in [0.4, 0.5) is 10.1 Å². The fourth-order valence-electron chi connectivity index (χ4n) is 4.47. The quantitative estimate of drug-likeness (QED) is 0.543. The number of carboxylic acid groups (broad SMARTS) is 1. The first-order valence-electron chi connectivity index (χ1n) is 11.8. The van der Waals surface area contributed by atoms with Gasteiger partial charge in [0.1, 0.15) is 5.82 Å². The molecule has 4 rings (SSSR count). The Morgan fingerprint density at radius 1 is 1.15 bits per heavy atom. The molecule has 182 valence electrons. The van der Waals surface area contributed by atoms with Crippen molar-refractivity contribution in [1.82, 2.24) is 24.6 Å². The number of carbonyl (C=O) groups is 1. The van der Waals surface area contributed by atoms with Crippen LogP contribution in [0.25, 0.3) is 16.7 Å². The minimum Gasteiger partial charge on any atom is -0.477 e. The Balaban J connectivity index is 1.73. The number of aromatic carboxylic acids is 1. The van der Waals surface area contributed by atoms with Gasteiger partial charge in [-0.1, -0.05) is 13.8 Å². The van der Waals surface area contributed by atoms with Gasteiger partial charge < -0.3 is 14.9 Å². The first kappa shape index (κ1) is 24.1. The number of anilines is 1. The highest BCUT2D eigenvalue weighted by molar-refractivity contribution is 5.98. The lowest BCUT2D eigenvalue weighted by molar-refractivity contribution is 0.0691. The Labute approximate surface area is 199 Å². The van der Waals surface area contributed by atoms with E-state index in [1.54, 1.807) is 22.9 Å². The van der Waals surface area contributed by atoms with Crippen molar-refractivity contribution in [2.75, 3.05) is 58.3 Å². The molecule has 1 aromatic carbocycles. The maximum Gasteiger partial charge on any atom is 0.354 e. The largest absolute Gasteiger partial charge is 0.477 e. The van der Waals surface area contributed by atoms with Crippen molar-refractivity contribution in [3.8, 4) is 5.69 Å². The molecule has 0 atom stereocenters. The Morgan fingerprint density at radius 2 is 1.82 bits per heavy atom. The van der Waals surface area contributed by atoms with E-state index in [2.05, 4.69) is 47.6 Å². The van der Waals surface area contributed by atoms with Crippen LogP contribution in [0, 0.1) is 5.82 Å². The van der Waals surface area contributed by atoms with Crippen LogP contribution in [-0.4, -0.2) is 89.0 Å². The molecule has 0 saturated carbocycles. The normalized spacial score (nSPS) is 15.1. The fourth-order valence-corrected chi connectivity index (χ4v) is 4.47. The average molecular weight is 469 g/mol. The van der Waals surface area contributed by atoms with Gasteiger partial charge in [-0.15, -0.1) is 0 Å². The summed E-state index contributed by atoms with van der Waals surface area (Å²) in [5.74, 6) is -1.32. The van der Waals surface area contributed by atoms with Crippen LogP contribution in [0.1, 0.15) is 42.4 Å². The van der Waals surface area contributed by atoms with E-state index < -0.39 is 5.97 Å². The van der Waals surface area contributed by atoms with E-state index in [1.165, 1.54) is 12.1 Å². The number of rotatable bonds is 8. The van der Waals surface area contributed by atoms with Crippen LogP contribution in [0.5, 0.6) is 0 Å². The van der Waals surface area contributed by atoms with Gasteiger partial charge in [0.25, 0.3) is 0 Å². The molecular weight excluding hydrogens is 435 g/mol. The van der Waals surface area contributed by atoms with E-state index in [0.29, 0.717) is 11.3 Å². The second kappa shape index (κ2) is 10.1. The molecule has 1 aliphatic rings. The van der Waals surface area contributed by atoms with Crippen molar-refractivity contribution < 1.29 is 14.3 Å². The van der Waals surface area contributed by atoms with Gasteiger partial charge in [0.2, 0.25) is 0 Å². The van der Waals surface area contributed by atoms with Crippen molar-refractivity contribution in [2.24, 2.45) is 0 Å². The molecule has 0 spiro atoms. The number of carboxylic acids is 1. The van der Waals surface area contributed by atoms with Crippen molar-refractivity contribution in [3.05, 3.63) is 47.5 Å². The highest BCUT2D eigenvalue weighted by Gasteiger charge is 2.26. The number of pyridine rings is 1. The Bertz CT molecular complexity index is 1150. The fraction of sp³-hybridized carbons (Fsp3) is 0.480. The number of piperazine rings is 1. The van der Waals surface area contributed by atoms with Crippen LogP contribution < -0.4 is 4.90 Å². The number of aromatic nitrogens is 3. The Kier molecular flexibility index (Phi) is 7.13. The SMILES string of the molecule is CC(C)c1nn(-c2ccc(F)cc2)c2nc(C(=O)O)cc(N3CCN(CCCN(C)C)CC3)c12. The smallest absolute Gasteiger partial charge is 0.354 e. The van der Waals surface area contributed by atoms with Gasteiger partial charge in [0.05, 0.1) is 22.5 Å². The molecule has 3 aromatic rings. The van der Waals surface area contributed by atoms with E-state index in [4.69, 9.17) is 5.10 Å². The zero-order valence-electron chi connectivity index (χ0n) is 20.3. The monoisotopic (exact) mass is 468 g/mol. The van der Waals surface area contributed by atoms with E-state index in [0.717, 1.165) is 62.5 Å². The standard InChI is InChI=1S/C25H33FN6O2/c1-17(2)23-22-21(31-14-12-30(13-15-31)11-5-10-29(3)4)16-20(25(33)34)27-24(22)32(28-23)19-8-6-18(26)7-9-19/h6-9,16-17H,5,10-15H2,1-4H3,(H,33,34). The van der Waals surface area contributed by atoms with Crippen LogP contribution in [0.3, 0.4) is 0 Å². The topological polar surface area (TPSA) is 77.7 Å².